The van der Waals surface area contributed by atoms with E-state index >= 15 is 0 Å². The molecule has 7 nitrogen and oxygen atoms in total. The number of nitrogens with zero attached hydrogens (tertiary/aromatic N) is 2. The fraction of sp³-hybridized carbons (Fsp3) is 0.185. The van der Waals surface area contributed by atoms with E-state index in [4.69, 9.17) is 4.74 Å². The first-order valence-corrected chi connectivity index (χ1v) is 11.0. The molecule has 172 valence electrons. The summed E-state index contributed by atoms with van der Waals surface area (Å²) in [7, 11) is 0. The summed E-state index contributed by atoms with van der Waals surface area (Å²) in [5.41, 5.74) is 2.38. The van der Waals surface area contributed by atoms with Crippen LogP contribution in [0.3, 0.4) is 0 Å². The van der Waals surface area contributed by atoms with Crippen LogP contribution in [0.25, 0.3) is 0 Å². The fourth-order valence-corrected chi connectivity index (χ4v) is 3.87. The van der Waals surface area contributed by atoms with Crippen LogP contribution in [0.15, 0.2) is 84.9 Å². The van der Waals surface area contributed by atoms with Gasteiger partial charge in [0, 0.05) is 13.1 Å². The Balaban J connectivity index is 1.43. The molecule has 0 radical (unpaired) electrons. The highest BCUT2D eigenvalue weighted by Gasteiger charge is 2.37. The summed E-state index contributed by atoms with van der Waals surface area (Å²) < 4.78 is 5.35. The number of fused-ring (bicyclic) bond motifs is 1. The highest BCUT2D eigenvalue weighted by Crippen LogP contribution is 2.22. The number of carbonyl (C=O) groups is 4. The van der Waals surface area contributed by atoms with Crippen LogP contribution in [0.4, 0.5) is 0 Å². The molecule has 4 rings (SSSR count). The van der Waals surface area contributed by atoms with E-state index in [1.165, 1.54) is 19.1 Å². The van der Waals surface area contributed by atoms with E-state index in [2.05, 4.69) is 0 Å². The summed E-state index contributed by atoms with van der Waals surface area (Å²) in [4.78, 5) is 53.2. The summed E-state index contributed by atoms with van der Waals surface area (Å²) in [5.74, 6) is -2.30. The van der Waals surface area contributed by atoms with Crippen molar-refractivity contribution in [2.75, 3.05) is 6.54 Å². The van der Waals surface area contributed by atoms with E-state index in [0.29, 0.717) is 13.1 Å². The van der Waals surface area contributed by atoms with Gasteiger partial charge in [0.2, 0.25) is 0 Å². The predicted molar refractivity (Wildman–Crippen MR) is 125 cm³/mol. The monoisotopic (exact) mass is 456 g/mol. The molecule has 0 spiro atoms. The van der Waals surface area contributed by atoms with Crippen molar-refractivity contribution in [1.82, 2.24) is 9.80 Å². The molecular formula is C27H24N2O5. The Morgan fingerprint density at radius 1 is 0.765 bits per heavy atom. The van der Waals surface area contributed by atoms with Crippen LogP contribution in [0.2, 0.25) is 0 Å². The predicted octanol–water partition coefficient (Wildman–Crippen LogP) is 3.44. The molecule has 7 heteroatoms. The van der Waals surface area contributed by atoms with Gasteiger partial charge in [0.25, 0.3) is 17.7 Å². The molecule has 3 aromatic rings. The molecule has 0 N–H and O–H groups in total. The maximum atomic E-state index is 13.2. The lowest BCUT2D eigenvalue weighted by atomic mass is 10.1. The normalized spacial score (nSPS) is 13.4. The Kier molecular flexibility index (Phi) is 6.82. The van der Waals surface area contributed by atoms with Crippen molar-refractivity contribution in [3.8, 4) is 0 Å². The van der Waals surface area contributed by atoms with Crippen LogP contribution in [0.5, 0.6) is 0 Å². The lowest BCUT2D eigenvalue weighted by Gasteiger charge is -2.26. The van der Waals surface area contributed by atoms with Crippen molar-refractivity contribution in [3.63, 3.8) is 0 Å². The van der Waals surface area contributed by atoms with Gasteiger partial charge in [-0.1, -0.05) is 72.8 Å². The zero-order valence-corrected chi connectivity index (χ0v) is 18.7. The Bertz CT molecular complexity index is 1130. The minimum atomic E-state index is -1.09. The Morgan fingerprint density at radius 2 is 1.21 bits per heavy atom. The molecule has 1 atom stereocenters. The average Bonchev–Trinajstić information content (AvgIpc) is 3.09. The molecule has 0 aromatic heterocycles. The zero-order valence-electron chi connectivity index (χ0n) is 18.7. The second-order valence-corrected chi connectivity index (χ2v) is 8.04. The van der Waals surface area contributed by atoms with Crippen LogP contribution >= 0.6 is 0 Å². The smallest absolute Gasteiger partial charge is 0.326 e. The third-order valence-corrected chi connectivity index (χ3v) is 5.57. The van der Waals surface area contributed by atoms with Gasteiger partial charge in [-0.05, 0) is 30.2 Å². The van der Waals surface area contributed by atoms with Crippen molar-refractivity contribution in [3.05, 3.63) is 107 Å². The van der Waals surface area contributed by atoms with Gasteiger partial charge < -0.3 is 9.64 Å². The number of hydrogen-bond donors (Lipinski definition) is 0. The first-order valence-electron chi connectivity index (χ1n) is 11.0. The van der Waals surface area contributed by atoms with Crippen LogP contribution < -0.4 is 0 Å². The first-order chi connectivity index (χ1) is 16.4. The number of benzene rings is 3. The van der Waals surface area contributed by atoms with E-state index in [0.717, 1.165) is 16.0 Å². The van der Waals surface area contributed by atoms with Crippen molar-refractivity contribution < 1.29 is 23.9 Å². The third kappa shape index (κ3) is 5.04. The highest BCUT2D eigenvalue weighted by atomic mass is 16.5. The number of ether oxygens (including phenoxy) is 1. The molecule has 1 aliphatic rings. The second kappa shape index (κ2) is 10.1. The number of hydrogen-bond acceptors (Lipinski definition) is 5. The number of esters is 1. The molecular weight excluding hydrogens is 432 g/mol. The minimum absolute atomic E-state index is 0.251. The lowest BCUT2D eigenvalue weighted by molar-refractivity contribution is -0.159. The number of imide groups is 1. The largest absolute Gasteiger partial charge is 0.451 e. The van der Waals surface area contributed by atoms with E-state index in [9.17, 15) is 19.2 Å². The Labute approximate surface area is 197 Å². The molecule has 1 aliphatic heterocycles. The maximum absolute atomic E-state index is 13.2. The third-order valence-electron chi connectivity index (χ3n) is 5.57. The molecule has 0 saturated heterocycles. The van der Waals surface area contributed by atoms with Crippen molar-refractivity contribution >= 4 is 23.7 Å². The maximum Gasteiger partial charge on any atom is 0.326 e. The summed E-state index contributed by atoms with van der Waals surface area (Å²) in [6.07, 6.45) is -1.09. The molecule has 0 bridgehead atoms. The first kappa shape index (κ1) is 22.9. The van der Waals surface area contributed by atoms with Crippen LogP contribution in [-0.2, 0) is 27.4 Å². The van der Waals surface area contributed by atoms with Crippen molar-refractivity contribution in [1.29, 1.82) is 0 Å². The standard InChI is InChI=1S/C27H24N2O5/c1-19(34-24(30)18-29-26(32)22-14-8-9-15-23(22)27(29)33)25(31)28(16-20-10-4-2-5-11-20)17-21-12-6-3-7-13-21/h2-15,19H,16-18H2,1H3. The molecule has 34 heavy (non-hydrogen) atoms. The van der Waals surface area contributed by atoms with Gasteiger partial charge in [-0.25, -0.2) is 0 Å². The number of rotatable bonds is 8. The van der Waals surface area contributed by atoms with E-state index in [-0.39, 0.29) is 17.0 Å². The SMILES string of the molecule is CC(OC(=O)CN1C(=O)c2ccccc2C1=O)C(=O)N(Cc1ccccc1)Cc1ccccc1. The minimum Gasteiger partial charge on any atom is -0.451 e. The van der Waals surface area contributed by atoms with E-state index in [1.807, 2.05) is 60.7 Å². The fourth-order valence-electron chi connectivity index (χ4n) is 3.87. The average molecular weight is 456 g/mol. The zero-order chi connectivity index (χ0) is 24.1. The molecule has 1 unspecified atom stereocenters. The topological polar surface area (TPSA) is 84.0 Å². The van der Waals surface area contributed by atoms with Gasteiger partial charge in [-0.15, -0.1) is 0 Å². The number of amides is 3. The number of carbonyl (C=O) groups excluding carboxylic acids is 4. The lowest BCUT2D eigenvalue weighted by Crippen LogP contribution is -2.42. The molecule has 0 aliphatic carbocycles. The van der Waals surface area contributed by atoms with Gasteiger partial charge in [0.1, 0.15) is 6.54 Å². The van der Waals surface area contributed by atoms with E-state index in [1.54, 1.807) is 17.0 Å². The summed E-state index contributed by atoms with van der Waals surface area (Å²) in [6, 6.07) is 25.4. The Hall–Kier alpha value is -4.26. The summed E-state index contributed by atoms with van der Waals surface area (Å²) >= 11 is 0. The molecule has 3 amide bonds. The van der Waals surface area contributed by atoms with Gasteiger partial charge in [-0.2, -0.15) is 0 Å². The molecule has 0 fully saturated rings. The highest BCUT2D eigenvalue weighted by molar-refractivity contribution is 6.22. The Morgan fingerprint density at radius 3 is 1.68 bits per heavy atom. The summed E-state index contributed by atoms with van der Waals surface area (Å²) in [6.45, 7) is 1.62. The van der Waals surface area contributed by atoms with E-state index < -0.39 is 30.4 Å². The molecule has 0 saturated carbocycles. The van der Waals surface area contributed by atoms with Crippen LogP contribution in [0, 0.1) is 0 Å². The second-order valence-electron chi connectivity index (χ2n) is 8.04. The summed E-state index contributed by atoms with van der Waals surface area (Å²) in [5, 5.41) is 0. The van der Waals surface area contributed by atoms with Crippen molar-refractivity contribution in [2.24, 2.45) is 0 Å². The van der Waals surface area contributed by atoms with Gasteiger partial charge in [0.05, 0.1) is 11.1 Å². The van der Waals surface area contributed by atoms with Gasteiger partial charge >= 0.3 is 5.97 Å². The quantitative estimate of drug-likeness (QED) is 0.383. The van der Waals surface area contributed by atoms with Gasteiger partial charge in [0.15, 0.2) is 6.10 Å². The van der Waals surface area contributed by atoms with Crippen molar-refractivity contribution in [2.45, 2.75) is 26.1 Å². The molecule has 1 heterocycles. The van der Waals surface area contributed by atoms with Gasteiger partial charge in [-0.3, -0.25) is 24.1 Å². The van der Waals surface area contributed by atoms with Crippen LogP contribution in [-0.4, -0.2) is 46.1 Å². The molecule has 3 aromatic carbocycles. The van der Waals surface area contributed by atoms with Crippen LogP contribution in [0.1, 0.15) is 38.8 Å².